The molecule has 0 spiro atoms. The number of hydrogen-bond acceptors (Lipinski definition) is 2. The molecule has 0 atom stereocenters. The Labute approximate surface area is 95.0 Å². The zero-order valence-corrected chi connectivity index (χ0v) is 10.3. The highest BCUT2D eigenvalue weighted by Crippen LogP contribution is 2.29. The lowest BCUT2D eigenvalue weighted by Gasteiger charge is -2.15. The van der Waals surface area contributed by atoms with Gasteiger partial charge in [-0.05, 0) is 23.6 Å². The maximum absolute atomic E-state index is 11.0. The molecule has 0 bridgehead atoms. The van der Waals surface area contributed by atoms with Crippen molar-refractivity contribution in [3.63, 3.8) is 0 Å². The topological polar surface area (TPSA) is 29.1 Å². The van der Waals surface area contributed by atoms with Crippen LogP contribution in [0.5, 0.6) is 0 Å². The molecule has 0 aromatic carbocycles. The summed E-state index contributed by atoms with van der Waals surface area (Å²) in [5, 5.41) is 2.77. The van der Waals surface area contributed by atoms with Crippen LogP contribution in [-0.4, -0.2) is 5.91 Å². The average Bonchev–Trinajstić information content (AvgIpc) is 2.61. The number of amides is 1. The second kappa shape index (κ2) is 4.62. The predicted octanol–water partition coefficient (Wildman–Crippen LogP) is 2.85. The molecule has 0 radical (unpaired) electrons. The van der Waals surface area contributed by atoms with Crippen LogP contribution in [-0.2, 0) is 16.8 Å². The normalized spacial score (nSPS) is 11.1. The van der Waals surface area contributed by atoms with E-state index >= 15 is 0 Å². The molecule has 2 nitrogen and oxygen atoms in total. The highest BCUT2D eigenvalue weighted by molar-refractivity contribution is 7.12. The van der Waals surface area contributed by atoms with E-state index in [1.807, 2.05) is 0 Å². The van der Waals surface area contributed by atoms with Gasteiger partial charge >= 0.3 is 0 Å². The molecule has 1 N–H and O–H groups in total. The molecule has 0 unspecified atom stereocenters. The molecular formula is C12H17NOS. The van der Waals surface area contributed by atoms with E-state index < -0.39 is 0 Å². The number of carbonyl (C=O) groups is 1. The van der Waals surface area contributed by atoms with E-state index in [0.29, 0.717) is 6.54 Å². The molecule has 3 heteroatoms. The average molecular weight is 223 g/mol. The Morgan fingerprint density at radius 1 is 1.53 bits per heavy atom. The summed E-state index contributed by atoms with van der Waals surface area (Å²) < 4.78 is 0. The molecule has 0 aliphatic carbocycles. The molecule has 1 aromatic heterocycles. The van der Waals surface area contributed by atoms with Crippen LogP contribution in [0.2, 0.25) is 0 Å². The minimum atomic E-state index is -0.124. The first-order chi connectivity index (χ1) is 6.93. The lowest BCUT2D eigenvalue weighted by Crippen LogP contribution is -2.19. The first kappa shape index (κ1) is 12.0. The molecule has 15 heavy (non-hydrogen) atoms. The molecule has 0 aliphatic rings. The molecule has 0 saturated carbocycles. The highest BCUT2D eigenvalue weighted by Gasteiger charge is 2.15. The Bertz CT molecular complexity index is 360. The van der Waals surface area contributed by atoms with Crippen LogP contribution in [0.25, 0.3) is 0 Å². The smallest absolute Gasteiger partial charge is 0.243 e. The predicted molar refractivity (Wildman–Crippen MR) is 65.1 cm³/mol. The van der Waals surface area contributed by atoms with Gasteiger partial charge in [-0.1, -0.05) is 27.4 Å². The van der Waals surface area contributed by atoms with Gasteiger partial charge in [-0.15, -0.1) is 11.3 Å². The zero-order chi connectivity index (χ0) is 11.5. The van der Waals surface area contributed by atoms with E-state index in [-0.39, 0.29) is 11.3 Å². The fourth-order valence-corrected chi connectivity index (χ4v) is 2.13. The fourth-order valence-electron chi connectivity index (χ4n) is 1.12. The van der Waals surface area contributed by atoms with Gasteiger partial charge in [0, 0.05) is 9.75 Å². The zero-order valence-electron chi connectivity index (χ0n) is 9.46. The SMILES string of the molecule is C=CC(=O)NCc1ccc(C(C)(C)C)s1. The van der Waals surface area contributed by atoms with Crippen molar-refractivity contribution in [1.82, 2.24) is 5.32 Å². The fraction of sp³-hybridized carbons (Fsp3) is 0.417. The van der Waals surface area contributed by atoms with Crippen molar-refractivity contribution >= 4 is 17.2 Å². The maximum atomic E-state index is 11.0. The molecular weight excluding hydrogens is 206 g/mol. The Balaban J connectivity index is 2.61. The third-order valence-corrected chi connectivity index (χ3v) is 3.53. The summed E-state index contributed by atoms with van der Waals surface area (Å²) >= 11 is 1.74. The van der Waals surface area contributed by atoms with Crippen LogP contribution < -0.4 is 5.32 Å². The molecule has 82 valence electrons. The molecule has 0 saturated heterocycles. The van der Waals surface area contributed by atoms with E-state index in [1.165, 1.54) is 15.8 Å². The van der Waals surface area contributed by atoms with Crippen molar-refractivity contribution in [2.45, 2.75) is 32.7 Å². The molecule has 1 amide bonds. The van der Waals surface area contributed by atoms with Crippen molar-refractivity contribution in [3.05, 3.63) is 34.5 Å². The van der Waals surface area contributed by atoms with Crippen molar-refractivity contribution in [1.29, 1.82) is 0 Å². The molecule has 0 fully saturated rings. The van der Waals surface area contributed by atoms with Gasteiger partial charge in [-0.3, -0.25) is 4.79 Å². The van der Waals surface area contributed by atoms with Gasteiger partial charge in [0.2, 0.25) is 5.91 Å². The van der Waals surface area contributed by atoms with Crippen LogP contribution in [0.1, 0.15) is 30.5 Å². The standard InChI is InChI=1S/C12H17NOS/c1-5-11(14)13-8-9-6-7-10(15-9)12(2,3)4/h5-7H,1,8H2,2-4H3,(H,13,14). The summed E-state index contributed by atoms with van der Waals surface area (Å²) in [6.07, 6.45) is 1.29. The van der Waals surface area contributed by atoms with Gasteiger partial charge in [-0.2, -0.15) is 0 Å². The molecule has 1 aromatic rings. The van der Waals surface area contributed by atoms with Crippen LogP contribution in [0, 0.1) is 0 Å². The van der Waals surface area contributed by atoms with E-state index in [2.05, 4.69) is 44.8 Å². The Morgan fingerprint density at radius 3 is 2.67 bits per heavy atom. The summed E-state index contributed by atoms with van der Waals surface area (Å²) in [4.78, 5) is 13.5. The first-order valence-electron chi connectivity index (χ1n) is 4.93. The molecule has 0 aliphatic heterocycles. The Morgan fingerprint density at radius 2 is 2.20 bits per heavy atom. The number of rotatable bonds is 3. The van der Waals surface area contributed by atoms with E-state index in [4.69, 9.17) is 0 Å². The second-order valence-electron chi connectivity index (χ2n) is 4.44. The van der Waals surface area contributed by atoms with Crippen LogP contribution in [0.3, 0.4) is 0 Å². The third kappa shape index (κ3) is 3.51. The van der Waals surface area contributed by atoms with Crippen molar-refractivity contribution in [2.24, 2.45) is 0 Å². The van der Waals surface area contributed by atoms with Gasteiger partial charge < -0.3 is 5.32 Å². The number of nitrogens with one attached hydrogen (secondary N) is 1. The van der Waals surface area contributed by atoms with Crippen molar-refractivity contribution in [3.8, 4) is 0 Å². The largest absolute Gasteiger partial charge is 0.348 e. The molecule has 1 rings (SSSR count). The van der Waals surface area contributed by atoms with Gasteiger partial charge in [0.1, 0.15) is 0 Å². The van der Waals surface area contributed by atoms with Gasteiger partial charge in [0.05, 0.1) is 6.54 Å². The lowest BCUT2D eigenvalue weighted by atomic mass is 9.95. The lowest BCUT2D eigenvalue weighted by molar-refractivity contribution is -0.116. The Kier molecular flexibility index (Phi) is 3.69. The summed E-state index contributed by atoms with van der Waals surface area (Å²) in [6, 6.07) is 4.19. The van der Waals surface area contributed by atoms with Crippen LogP contribution >= 0.6 is 11.3 Å². The Hall–Kier alpha value is -1.09. The number of thiophene rings is 1. The van der Waals surface area contributed by atoms with Gasteiger partial charge in [0.15, 0.2) is 0 Å². The second-order valence-corrected chi connectivity index (χ2v) is 5.61. The van der Waals surface area contributed by atoms with E-state index in [9.17, 15) is 4.79 Å². The summed E-state index contributed by atoms with van der Waals surface area (Å²) in [5.41, 5.74) is 0.186. The highest BCUT2D eigenvalue weighted by atomic mass is 32.1. The first-order valence-corrected chi connectivity index (χ1v) is 5.74. The summed E-state index contributed by atoms with van der Waals surface area (Å²) in [7, 11) is 0. The van der Waals surface area contributed by atoms with Crippen molar-refractivity contribution < 1.29 is 4.79 Å². The van der Waals surface area contributed by atoms with Crippen molar-refractivity contribution in [2.75, 3.05) is 0 Å². The quantitative estimate of drug-likeness (QED) is 0.784. The van der Waals surface area contributed by atoms with E-state index in [1.54, 1.807) is 11.3 Å². The maximum Gasteiger partial charge on any atom is 0.243 e. The van der Waals surface area contributed by atoms with Crippen LogP contribution in [0.15, 0.2) is 24.8 Å². The van der Waals surface area contributed by atoms with E-state index in [0.717, 1.165) is 0 Å². The van der Waals surface area contributed by atoms with Crippen LogP contribution in [0.4, 0.5) is 0 Å². The minimum absolute atomic E-state index is 0.124. The molecule has 1 heterocycles. The third-order valence-electron chi connectivity index (χ3n) is 2.02. The summed E-state index contributed by atoms with van der Waals surface area (Å²) in [5.74, 6) is -0.124. The summed E-state index contributed by atoms with van der Waals surface area (Å²) in [6.45, 7) is 10.6. The minimum Gasteiger partial charge on any atom is -0.348 e. The number of hydrogen-bond donors (Lipinski definition) is 1. The monoisotopic (exact) mass is 223 g/mol. The van der Waals surface area contributed by atoms with Gasteiger partial charge in [-0.25, -0.2) is 0 Å². The number of carbonyl (C=O) groups excluding carboxylic acids is 1. The van der Waals surface area contributed by atoms with Gasteiger partial charge in [0.25, 0.3) is 0 Å².